The molecule has 4 rings (SSSR count). The first kappa shape index (κ1) is 18.7. The number of nitrogens with zero attached hydrogens (tertiary/aromatic N) is 1. The van der Waals surface area contributed by atoms with Gasteiger partial charge in [-0.05, 0) is 31.6 Å². The van der Waals surface area contributed by atoms with Crippen LogP contribution in [0.2, 0.25) is 0 Å². The lowest BCUT2D eigenvalue weighted by Gasteiger charge is -2.10. The zero-order valence-corrected chi connectivity index (χ0v) is 16.4. The van der Waals surface area contributed by atoms with Gasteiger partial charge >= 0.3 is 5.97 Å². The maximum Gasteiger partial charge on any atom is 0.368 e. The molecule has 1 aliphatic rings. The zero-order chi connectivity index (χ0) is 20.2. The standard InChI is InChI=1S/C25H21NO3/c1-17-7-11-19(12-8-17)16-28-23-6-4-3-5-21(23)15-22-24(26-29-25(22)27)20-13-9-18(2)10-14-20/h3-15H,16H2,1-2H3/b22-15-. The molecule has 0 aromatic heterocycles. The zero-order valence-electron chi connectivity index (χ0n) is 16.4. The highest BCUT2D eigenvalue weighted by atomic mass is 16.7. The van der Waals surface area contributed by atoms with E-state index in [0.717, 1.165) is 22.3 Å². The van der Waals surface area contributed by atoms with E-state index in [1.165, 1.54) is 5.56 Å². The topological polar surface area (TPSA) is 47.9 Å². The SMILES string of the molecule is Cc1ccc(COc2ccccc2/C=C2\C(=O)ON=C2c2ccc(C)cc2)cc1. The Morgan fingerprint density at radius 2 is 1.55 bits per heavy atom. The van der Waals surface area contributed by atoms with Gasteiger partial charge in [0.25, 0.3) is 0 Å². The van der Waals surface area contributed by atoms with Crippen molar-refractivity contribution in [2.75, 3.05) is 0 Å². The van der Waals surface area contributed by atoms with E-state index in [0.29, 0.717) is 23.6 Å². The molecule has 0 saturated carbocycles. The van der Waals surface area contributed by atoms with Crippen molar-refractivity contribution in [3.05, 3.63) is 106 Å². The average Bonchev–Trinajstić information content (AvgIpc) is 3.09. The van der Waals surface area contributed by atoms with Crippen LogP contribution in [0.3, 0.4) is 0 Å². The third-order valence-corrected chi connectivity index (χ3v) is 4.75. The Hall–Kier alpha value is -3.66. The highest BCUT2D eigenvalue weighted by Gasteiger charge is 2.27. The lowest BCUT2D eigenvalue weighted by atomic mass is 9.99. The molecule has 3 aromatic rings. The Balaban J connectivity index is 1.61. The Labute approximate surface area is 170 Å². The van der Waals surface area contributed by atoms with Gasteiger partial charge in [-0.1, -0.05) is 83.0 Å². The molecule has 0 spiro atoms. The molecule has 4 heteroatoms. The highest BCUT2D eigenvalue weighted by Crippen LogP contribution is 2.26. The number of para-hydroxylation sites is 1. The molecular formula is C25H21NO3. The van der Waals surface area contributed by atoms with Gasteiger partial charge in [0.2, 0.25) is 0 Å². The van der Waals surface area contributed by atoms with Crippen LogP contribution in [0.1, 0.15) is 27.8 Å². The number of carbonyl (C=O) groups excluding carboxylic acids is 1. The number of hydrogen-bond donors (Lipinski definition) is 0. The molecule has 3 aromatic carbocycles. The fourth-order valence-electron chi connectivity index (χ4n) is 3.06. The Bertz CT molecular complexity index is 1090. The molecule has 0 unspecified atom stereocenters. The summed E-state index contributed by atoms with van der Waals surface area (Å²) in [6, 6.07) is 23.7. The number of ether oxygens (including phenoxy) is 1. The maximum atomic E-state index is 12.3. The lowest BCUT2D eigenvalue weighted by molar-refractivity contribution is -0.136. The van der Waals surface area contributed by atoms with Crippen LogP contribution < -0.4 is 4.74 Å². The minimum absolute atomic E-state index is 0.417. The minimum Gasteiger partial charge on any atom is -0.488 e. The molecule has 0 amide bonds. The summed E-state index contributed by atoms with van der Waals surface area (Å²) in [6.07, 6.45) is 1.78. The fourth-order valence-corrected chi connectivity index (χ4v) is 3.06. The van der Waals surface area contributed by atoms with Crippen LogP contribution in [-0.4, -0.2) is 11.7 Å². The molecule has 0 saturated heterocycles. The van der Waals surface area contributed by atoms with Gasteiger partial charge in [-0.25, -0.2) is 4.79 Å². The van der Waals surface area contributed by atoms with Crippen LogP contribution in [0.5, 0.6) is 5.75 Å². The third-order valence-electron chi connectivity index (χ3n) is 4.75. The normalized spacial score (nSPS) is 14.6. The maximum absolute atomic E-state index is 12.3. The van der Waals surface area contributed by atoms with Crippen molar-refractivity contribution in [1.29, 1.82) is 0 Å². The smallest absolute Gasteiger partial charge is 0.368 e. The quantitative estimate of drug-likeness (QED) is 0.448. The molecule has 0 bridgehead atoms. The number of benzene rings is 3. The van der Waals surface area contributed by atoms with E-state index in [1.54, 1.807) is 6.08 Å². The van der Waals surface area contributed by atoms with E-state index in [-0.39, 0.29) is 0 Å². The van der Waals surface area contributed by atoms with E-state index >= 15 is 0 Å². The molecule has 0 N–H and O–H groups in total. The first-order valence-corrected chi connectivity index (χ1v) is 9.46. The lowest BCUT2D eigenvalue weighted by Crippen LogP contribution is -2.07. The van der Waals surface area contributed by atoms with Crippen molar-refractivity contribution in [2.45, 2.75) is 20.5 Å². The minimum atomic E-state index is -0.464. The largest absolute Gasteiger partial charge is 0.488 e. The van der Waals surface area contributed by atoms with Gasteiger partial charge in [-0.3, -0.25) is 0 Å². The van der Waals surface area contributed by atoms with E-state index in [2.05, 4.69) is 24.2 Å². The monoisotopic (exact) mass is 383 g/mol. The number of rotatable bonds is 5. The summed E-state index contributed by atoms with van der Waals surface area (Å²) in [5, 5.41) is 3.98. The van der Waals surface area contributed by atoms with Crippen molar-refractivity contribution in [1.82, 2.24) is 0 Å². The van der Waals surface area contributed by atoms with Gasteiger partial charge in [0, 0.05) is 11.1 Å². The predicted octanol–water partition coefficient (Wildman–Crippen LogP) is 5.23. The molecule has 0 atom stereocenters. The number of oxime groups is 1. The molecule has 144 valence electrons. The second kappa shape index (κ2) is 8.15. The van der Waals surface area contributed by atoms with Crippen molar-refractivity contribution < 1.29 is 14.4 Å². The summed E-state index contributed by atoms with van der Waals surface area (Å²) in [5.74, 6) is 0.234. The van der Waals surface area contributed by atoms with Crippen LogP contribution in [0, 0.1) is 13.8 Å². The van der Waals surface area contributed by atoms with E-state index in [1.807, 2.05) is 67.6 Å². The van der Waals surface area contributed by atoms with Crippen molar-refractivity contribution >= 4 is 17.8 Å². The summed E-state index contributed by atoms with van der Waals surface area (Å²) < 4.78 is 6.03. The molecular weight excluding hydrogens is 362 g/mol. The third kappa shape index (κ3) is 4.27. The van der Waals surface area contributed by atoms with Crippen LogP contribution in [-0.2, 0) is 16.2 Å². The summed E-state index contributed by atoms with van der Waals surface area (Å²) in [4.78, 5) is 17.3. The molecule has 0 aliphatic carbocycles. The molecule has 0 fully saturated rings. The molecule has 1 heterocycles. The van der Waals surface area contributed by atoms with Crippen LogP contribution in [0.25, 0.3) is 6.08 Å². The highest BCUT2D eigenvalue weighted by molar-refractivity contribution is 6.31. The van der Waals surface area contributed by atoms with Gasteiger partial charge in [-0.15, -0.1) is 0 Å². The summed E-state index contributed by atoms with van der Waals surface area (Å²) in [5.41, 5.74) is 6.02. The summed E-state index contributed by atoms with van der Waals surface area (Å²) in [6.45, 7) is 4.52. The summed E-state index contributed by atoms with van der Waals surface area (Å²) >= 11 is 0. The van der Waals surface area contributed by atoms with Gasteiger partial charge in [0.1, 0.15) is 18.1 Å². The second-order valence-electron chi connectivity index (χ2n) is 7.05. The number of aryl methyl sites for hydroxylation is 2. The Morgan fingerprint density at radius 1 is 0.897 bits per heavy atom. The predicted molar refractivity (Wildman–Crippen MR) is 114 cm³/mol. The van der Waals surface area contributed by atoms with Crippen molar-refractivity contribution in [2.24, 2.45) is 5.16 Å². The molecule has 29 heavy (non-hydrogen) atoms. The first-order valence-electron chi connectivity index (χ1n) is 9.46. The van der Waals surface area contributed by atoms with Crippen LogP contribution in [0.15, 0.2) is 83.5 Å². The molecule has 4 nitrogen and oxygen atoms in total. The average molecular weight is 383 g/mol. The second-order valence-corrected chi connectivity index (χ2v) is 7.05. The molecule has 1 aliphatic heterocycles. The fraction of sp³-hybridized carbons (Fsp3) is 0.120. The Morgan fingerprint density at radius 3 is 2.28 bits per heavy atom. The van der Waals surface area contributed by atoms with Gasteiger partial charge in [-0.2, -0.15) is 0 Å². The first-order chi connectivity index (χ1) is 14.1. The van der Waals surface area contributed by atoms with Crippen LogP contribution in [0.4, 0.5) is 0 Å². The molecule has 0 radical (unpaired) electrons. The number of carbonyl (C=O) groups is 1. The van der Waals surface area contributed by atoms with Gasteiger partial charge < -0.3 is 9.57 Å². The Kier molecular flexibility index (Phi) is 5.25. The van der Waals surface area contributed by atoms with Crippen LogP contribution >= 0.6 is 0 Å². The van der Waals surface area contributed by atoms with E-state index < -0.39 is 5.97 Å². The van der Waals surface area contributed by atoms with Crippen molar-refractivity contribution in [3.63, 3.8) is 0 Å². The van der Waals surface area contributed by atoms with E-state index in [4.69, 9.17) is 9.57 Å². The van der Waals surface area contributed by atoms with E-state index in [9.17, 15) is 4.79 Å². The summed E-state index contributed by atoms with van der Waals surface area (Å²) in [7, 11) is 0. The van der Waals surface area contributed by atoms with Gasteiger partial charge in [0.05, 0.1) is 5.57 Å². The van der Waals surface area contributed by atoms with Crippen molar-refractivity contribution in [3.8, 4) is 5.75 Å². The van der Waals surface area contributed by atoms with Gasteiger partial charge in [0.15, 0.2) is 0 Å². The number of hydrogen-bond acceptors (Lipinski definition) is 4.